The van der Waals surface area contributed by atoms with Crippen LogP contribution in [0.4, 0.5) is 0 Å². The van der Waals surface area contributed by atoms with Crippen molar-refractivity contribution in [2.75, 3.05) is 19.6 Å². The van der Waals surface area contributed by atoms with Crippen LogP contribution in [0.3, 0.4) is 0 Å². The summed E-state index contributed by atoms with van der Waals surface area (Å²) < 4.78 is 0. The van der Waals surface area contributed by atoms with Gasteiger partial charge < -0.3 is 40.9 Å². The van der Waals surface area contributed by atoms with Crippen molar-refractivity contribution in [3.63, 3.8) is 0 Å². The lowest BCUT2D eigenvalue weighted by Gasteiger charge is -2.32. The molecule has 17 heteroatoms. The number of nitrogens with one attached hydrogen (secondary N) is 2. The number of carbonyl (C=O) groups is 5. The first-order chi connectivity index (χ1) is 33.9. The van der Waals surface area contributed by atoms with Gasteiger partial charge in [0.05, 0.1) is 30.2 Å². The maximum Gasteiger partial charge on any atom is 0.257 e. The second-order valence-electron chi connectivity index (χ2n) is 19.0. The summed E-state index contributed by atoms with van der Waals surface area (Å²) in [6.07, 6.45) is 0.610. The number of thiazole rings is 1. The minimum absolute atomic E-state index is 0.0288. The number of aromatic nitrogens is 1. The Morgan fingerprint density at radius 3 is 2.27 bits per heavy atom. The van der Waals surface area contributed by atoms with Gasteiger partial charge in [-0.1, -0.05) is 85.3 Å². The zero-order valence-corrected chi connectivity index (χ0v) is 41.8. The third-order valence-electron chi connectivity index (χ3n) is 14.3. The summed E-state index contributed by atoms with van der Waals surface area (Å²) in [5.41, 5.74) is 10.2. The summed E-state index contributed by atoms with van der Waals surface area (Å²) in [7, 11) is 0. The number of nitrogens with zero attached hydrogens (tertiary/aromatic N) is 4. The van der Waals surface area contributed by atoms with Crippen LogP contribution in [0.5, 0.6) is 0 Å². The zero-order chi connectivity index (χ0) is 50.8. The molecule has 4 aliphatic rings. The van der Waals surface area contributed by atoms with Crippen molar-refractivity contribution in [3.05, 3.63) is 156 Å². The quantitative estimate of drug-likeness (QED) is 0.0914. The summed E-state index contributed by atoms with van der Waals surface area (Å²) in [4.78, 5) is 77.1. The molecule has 6 N–H and O–H groups in total. The van der Waals surface area contributed by atoms with E-state index in [4.69, 9.17) is 11.6 Å². The maximum absolute atomic E-state index is 13.8. The molecule has 0 spiro atoms. The van der Waals surface area contributed by atoms with Crippen LogP contribution in [-0.2, 0) is 36.9 Å². The molecule has 1 fully saturated rings. The van der Waals surface area contributed by atoms with Crippen LogP contribution in [0.25, 0.3) is 0 Å². The fourth-order valence-electron chi connectivity index (χ4n) is 10.2. The van der Waals surface area contributed by atoms with Gasteiger partial charge in [0.25, 0.3) is 29.5 Å². The van der Waals surface area contributed by atoms with E-state index < -0.39 is 66.0 Å². The van der Waals surface area contributed by atoms with Gasteiger partial charge in [-0.25, -0.2) is 9.98 Å². The highest BCUT2D eigenvalue weighted by Crippen LogP contribution is 2.47. The molecule has 372 valence electrons. The monoisotopic (exact) mass is 1000 g/mol. The Hall–Kier alpha value is -6.14. The van der Waals surface area contributed by atoms with Gasteiger partial charge in [-0.3, -0.25) is 24.0 Å². The van der Waals surface area contributed by atoms with Gasteiger partial charge in [0.2, 0.25) is 0 Å². The largest absolute Gasteiger partial charge is 0.380 e. The van der Waals surface area contributed by atoms with E-state index >= 15 is 0 Å². The number of amides is 5. The highest BCUT2D eigenvalue weighted by molar-refractivity contribution is 7.09. The first-order valence-corrected chi connectivity index (χ1v) is 25.1. The molecule has 1 aliphatic carbocycles. The molecule has 4 aromatic rings. The Kier molecular flexibility index (Phi) is 15.6. The van der Waals surface area contributed by atoms with E-state index in [0.717, 1.165) is 39.1 Å². The molecule has 8 rings (SSSR count). The number of dihydropyridines is 1. The van der Waals surface area contributed by atoms with Crippen LogP contribution < -0.4 is 10.6 Å². The van der Waals surface area contributed by atoms with E-state index in [-0.39, 0.29) is 37.4 Å². The highest BCUT2D eigenvalue weighted by Gasteiger charge is 2.42. The van der Waals surface area contributed by atoms with E-state index in [1.807, 2.05) is 49.6 Å². The van der Waals surface area contributed by atoms with Crippen molar-refractivity contribution in [1.29, 1.82) is 0 Å². The number of allylic oxidation sites excluding steroid dienone is 2. The maximum atomic E-state index is 13.8. The number of aliphatic hydroxyl groups is 4. The Morgan fingerprint density at radius 1 is 0.873 bits per heavy atom. The Morgan fingerprint density at radius 2 is 1.56 bits per heavy atom. The third-order valence-corrected chi connectivity index (χ3v) is 15.6. The molecule has 3 aliphatic heterocycles. The molecular weight excluding hydrogens is 944 g/mol. The molecule has 9 atom stereocenters. The number of carbonyl (C=O) groups excluding carboxylic acids is 5. The fourth-order valence-corrected chi connectivity index (χ4v) is 11.4. The standard InChI is InChI=1S/C54H59ClN6O9S/c1-28-9-6-10-29(2)40(28)23-37-27-71-44(59-37)24-57-51(67)46(62)48(64)53(69)60-25-36-22-42(55)45(31(4)41(36)26-60)38-18-17-35(21-30(38)3)43-12-8-20-61(43)54(70)49(65)47(63)52(68)58-32(5)33-13-15-34(16-14-33)39-11-7-19-56-50(39)66/h6-7,9-11,13-19,21-22,27,31-32,39,43,45-49,62-65H,8,12,20,23-26H2,1-5H3,(H,57,67)(H,58,68)/t31?,32-,39?,43-,45?,46-,47-,48-,49-/m1/s1. The molecule has 3 unspecified atom stereocenters. The highest BCUT2D eigenvalue weighted by atomic mass is 35.5. The van der Waals surface area contributed by atoms with Crippen LogP contribution in [-0.4, -0.2) is 115 Å². The number of hydrogen-bond acceptors (Lipinski definition) is 11. The van der Waals surface area contributed by atoms with E-state index in [2.05, 4.69) is 46.6 Å². The summed E-state index contributed by atoms with van der Waals surface area (Å²) in [6.45, 7) is 10.5. The first kappa shape index (κ1) is 51.2. The molecule has 0 radical (unpaired) electrons. The summed E-state index contributed by atoms with van der Waals surface area (Å²) in [5, 5.41) is 52.2. The minimum Gasteiger partial charge on any atom is -0.380 e. The molecule has 0 bridgehead atoms. The Bertz CT molecular complexity index is 2840. The number of halogens is 1. The van der Waals surface area contributed by atoms with Crippen LogP contribution in [0.1, 0.15) is 106 Å². The average molecular weight is 1000 g/mol. The SMILES string of the molecule is Cc1cc([C@H]2CCCN2C(=O)[C@H](O)[C@@H](O)C(=O)N[C@H](C)c2ccc(C3C=CC=NC3=O)cc2)ccc1C1C(Cl)=CC2=C(CN(C(=O)[C@H](O)[C@@H](O)C(=O)NCc3nc(Cc4c(C)cccc4C)cs3)C2)C1C. The van der Waals surface area contributed by atoms with Gasteiger partial charge in [0.1, 0.15) is 5.01 Å². The van der Waals surface area contributed by atoms with E-state index in [1.54, 1.807) is 43.3 Å². The van der Waals surface area contributed by atoms with Gasteiger partial charge in [0.15, 0.2) is 24.4 Å². The van der Waals surface area contributed by atoms with Gasteiger partial charge in [-0.15, -0.1) is 11.3 Å². The van der Waals surface area contributed by atoms with E-state index in [0.29, 0.717) is 41.4 Å². The zero-order valence-electron chi connectivity index (χ0n) is 40.2. The number of likely N-dealkylation sites (tertiary alicyclic amines) is 1. The van der Waals surface area contributed by atoms with Gasteiger partial charge in [-0.2, -0.15) is 0 Å². The van der Waals surface area contributed by atoms with Crippen molar-refractivity contribution >= 4 is 58.7 Å². The number of benzene rings is 3. The van der Waals surface area contributed by atoms with Crippen molar-refractivity contribution in [3.8, 4) is 0 Å². The van der Waals surface area contributed by atoms with Crippen molar-refractivity contribution in [2.45, 2.75) is 109 Å². The first-order valence-electron chi connectivity index (χ1n) is 23.8. The third kappa shape index (κ3) is 10.9. The van der Waals surface area contributed by atoms with Crippen molar-refractivity contribution in [2.24, 2.45) is 10.9 Å². The van der Waals surface area contributed by atoms with Crippen LogP contribution in [0, 0.1) is 26.7 Å². The lowest BCUT2D eigenvalue weighted by molar-refractivity contribution is -0.154. The van der Waals surface area contributed by atoms with Crippen LogP contribution >= 0.6 is 22.9 Å². The van der Waals surface area contributed by atoms with E-state index in [1.165, 1.54) is 44.0 Å². The predicted molar refractivity (Wildman–Crippen MR) is 269 cm³/mol. The summed E-state index contributed by atoms with van der Waals surface area (Å²) >= 11 is 8.40. The van der Waals surface area contributed by atoms with Crippen molar-refractivity contribution < 1.29 is 44.4 Å². The second-order valence-corrected chi connectivity index (χ2v) is 20.4. The Balaban J connectivity index is 0.841. The van der Waals surface area contributed by atoms with E-state index in [9.17, 15) is 44.4 Å². The summed E-state index contributed by atoms with van der Waals surface area (Å²) in [6, 6.07) is 18.0. The van der Waals surface area contributed by atoms with Crippen LogP contribution in [0.2, 0.25) is 0 Å². The average Bonchev–Trinajstić information content (AvgIpc) is 4.15. The molecule has 0 saturated carbocycles. The number of aliphatic hydroxyl groups excluding tert-OH is 4. The van der Waals surface area contributed by atoms with Crippen molar-refractivity contribution in [1.82, 2.24) is 25.4 Å². The van der Waals surface area contributed by atoms with Gasteiger partial charge in [-0.05, 0) is 114 Å². The number of aliphatic imine (C=N–C) groups is 1. The molecule has 5 amide bonds. The molecule has 3 aromatic carbocycles. The number of rotatable bonds is 15. The number of hydrogen-bond donors (Lipinski definition) is 6. The predicted octanol–water partition coefficient (Wildman–Crippen LogP) is 5.21. The second kappa shape index (κ2) is 21.7. The smallest absolute Gasteiger partial charge is 0.257 e. The molecule has 1 aromatic heterocycles. The minimum atomic E-state index is -2.03. The molecule has 4 heterocycles. The molecule has 15 nitrogen and oxygen atoms in total. The van der Waals surface area contributed by atoms with Gasteiger partial charge >= 0.3 is 0 Å². The Labute approximate surface area is 421 Å². The number of aryl methyl sites for hydroxylation is 3. The lowest BCUT2D eigenvalue weighted by atomic mass is 9.76. The normalized spacial score (nSPS) is 21.9. The molecule has 71 heavy (non-hydrogen) atoms. The summed E-state index contributed by atoms with van der Waals surface area (Å²) in [5.74, 6) is -4.55. The van der Waals surface area contributed by atoms with Crippen LogP contribution in [0.15, 0.2) is 105 Å². The molecular formula is C54H59ClN6O9S. The topological polar surface area (TPSA) is 222 Å². The molecule has 1 saturated heterocycles. The van der Waals surface area contributed by atoms with Gasteiger partial charge in [0, 0.05) is 48.6 Å². The lowest BCUT2D eigenvalue weighted by Crippen LogP contribution is -2.50. The fraction of sp³-hybridized carbons (Fsp3) is 0.389.